The van der Waals surface area contributed by atoms with Crippen LogP contribution >= 0.6 is 0 Å². The van der Waals surface area contributed by atoms with Gasteiger partial charge in [0.15, 0.2) is 0 Å². The number of nitrogens with zero attached hydrogens (tertiary/aromatic N) is 3. The van der Waals surface area contributed by atoms with E-state index in [0.29, 0.717) is 6.04 Å². The Morgan fingerprint density at radius 1 is 1.35 bits per heavy atom. The number of benzene rings is 1. The number of piperidine rings is 1. The fraction of sp³-hybridized carbons (Fsp3) is 0.467. The fourth-order valence-electron chi connectivity index (χ4n) is 2.88. The van der Waals surface area contributed by atoms with Gasteiger partial charge in [0.2, 0.25) is 5.91 Å². The molecule has 0 saturated carbocycles. The van der Waals surface area contributed by atoms with E-state index < -0.39 is 0 Å². The van der Waals surface area contributed by atoms with E-state index in [1.165, 1.54) is 5.52 Å². The van der Waals surface area contributed by atoms with E-state index in [2.05, 4.69) is 15.6 Å². The molecule has 5 nitrogen and oxygen atoms in total. The van der Waals surface area contributed by atoms with Gasteiger partial charge >= 0.3 is 0 Å². The van der Waals surface area contributed by atoms with Crippen LogP contribution < -0.4 is 0 Å². The molecule has 1 amide bonds. The molecule has 0 N–H and O–H groups in total. The summed E-state index contributed by atoms with van der Waals surface area (Å²) in [6.45, 7) is 1.76. The van der Waals surface area contributed by atoms with Crippen molar-refractivity contribution < 1.29 is 9.53 Å². The number of methoxy groups -OCH3 is 1. The average Bonchev–Trinajstić information content (AvgIpc) is 2.92. The second-order valence-corrected chi connectivity index (χ2v) is 5.19. The number of amides is 1. The molecule has 2 aromatic rings. The number of rotatable bonds is 3. The Morgan fingerprint density at radius 2 is 2.10 bits per heavy atom. The Bertz CT molecular complexity index is 600. The quantitative estimate of drug-likeness (QED) is 0.857. The van der Waals surface area contributed by atoms with Crippen molar-refractivity contribution in [2.45, 2.75) is 18.9 Å². The minimum atomic E-state index is 0.0847. The molecule has 20 heavy (non-hydrogen) atoms. The number of carbonyl (C=O) groups is 1. The minimum Gasteiger partial charge on any atom is -0.375 e. The lowest BCUT2D eigenvalue weighted by atomic mass is 10.0. The van der Waals surface area contributed by atoms with Gasteiger partial charge in [-0.25, -0.2) is 4.98 Å². The fourth-order valence-corrected chi connectivity index (χ4v) is 2.88. The number of hydrogen-bond donors (Lipinski definition) is 0. The van der Waals surface area contributed by atoms with Gasteiger partial charge in [0.05, 0.1) is 17.4 Å². The van der Waals surface area contributed by atoms with E-state index >= 15 is 0 Å². The highest BCUT2D eigenvalue weighted by Gasteiger charge is 2.24. The first kappa shape index (κ1) is 13.1. The van der Waals surface area contributed by atoms with Crippen LogP contribution in [0.3, 0.4) is 0 Å². The molecule has 0 radical (unpaired) electrons. The van der Waals surface area contributed by atoms with Crippen LogP contribution in [-0.2, 0) is 9.53 Å². The van der Waals surface area contributed by atoms with Gasteiger partial charge in [-0.05, 0) is 25.0 Å². The maximum Gasteiger partial charge on any atom is 0.248 e. The zero-order valence-corrected chi connectivity index (χ0v) is 11.7. The van der Waals surface area contributed by atoms with E-state index in [4.69, 9.17) is 4.74 Å². The van der Waals surface area contributed by atoms with Crippen molar-refractivity contribution in [3.8, 4) is 0 Å². The second-order valence-electron chi connectivity index (χ2n) is 5.19. The number of hydrogen-bond acceptors (Lipinski definition) is 3. The summed E-state index contributed by atoms with van der Waals surface area (Å²) in [5, 5.41) is 0. The van der Waals surface area contributed by atoms with Crippen molar-refractivity contribution in [1.82, 2.24) is 14.5 Å². The van der Waals surface area contributed by atoms with Crippen LogP contribution in [0.15, 0.2) is 30.6 Å². The van der Waals surface area contributed by atoms with Crippen molar-refractivity contribution >= 4 is 16.9 Å². The molecule has 1 saturated heterocycles. The van der Waals surface area contributed by atoms with Gasteiger partial charge in [-0.1, -0.05) is 12.1 Å². The lowest BCUT2D eigenvalue weighted by molar-refractivity contribution is -0.136. The summed E-state index contributed by atoms with van der Waals surface area (Å²) < 4.78 is 7.15. The number of carbonyl (C=O) groups excluding carboxylic acids is 1. The normalized spacial score (nSPS) is 16.8. The highest BCUT2D eigenvalue weighted by Crippen LogP contribution is 2.26. The summed E-state index contributed by atoms with van der Waals surface area (Å²) in [7, 11) is 1.56. The average molecular weight is 273 g/mol. The predicted octanol–water partition coefficient (Wildman–Crippen LogP) is 1.85. The summed E-state index contributed by atoms with van der Waals surface area (Å²) in [6.07, 6.45) is 3.85. The molecule has 1 aliphatic rings. The molecule has 0 aliphatic carbocycles. The number of fused-ring (bicyclic) bond motifs is 1. The number of para-hydroxylation sites is 2. The second kappa shape index (κ2) is 5.63. The molecule has 1 aromatic carbocycles. The molecule has 106 valence electrons. The van der Waals surface area contributed by atoms with Crippen molar-refractivity contribution in [3.05, 3.63) is 30.6 Å². The maximum atomic E-state index is 11.8. The molecule has 1 aliphatic heterocycles. The van der Waals surface area contributed by atoms with Crippen LogP contribution in [0.2, 0.25) is 0 Å². The number of ether oxygens (including phenoxy) is 1. The molecule has 1 fully saturated rings. The first-order chi connectivity index (χ1) is 9.79. The van der Waals surface area contributed by atoms with Crippen molar-refractivity contribution in [3.63, 3.8) is 0 Å². The lowest BCUT2D eigenvalue weighted by Gasteiger charge is -2.32. The lowest BCUT2D eigenvalue weighted by Crippen LogP contribution is -2.40. The van der Waals surface area contributed by atoms with Gasteiger partial charge in [0, 0.05) is 26.2 Å². The molecule has 0 spiro atoms. The Balaban J connectivity index is 1.70. The van der Waals surface area contributed by atoms with Crippen LogP contribution in [0.4, 0.5) is 0 Å². The molecule has 0 atom stereocenters. The minimum absolute atomic E-state index is 0.0847. The van der Waals surface area contributed by atoms with E-state index in [-0.39, 0.29) is 12.5 Å². The van der Waals surface area contributed by atoms with Crippen molar-refractivity contribution in [2.24, 2.45) is 0 Å². The van der Waals surface area contributed by atoms with Crippen LogP contribution in [0.5, 0.6) is 0 Å². The standard InChI is InChI=1S/C15H19N3O2/c1-20-10-15(19)17-8-6-12(7-9-17)18-11-16-13-4-2-3-5-14(13)18/h2-5,11-12H,6-10H2,1H3. The number of imidazole rings is 1. The maximum absolute atomic E-state index is 11.8. The van der Waals surface area contributed by atoms with Crippen LogP contribution in [0.1, 0.15) is 18.9 Å². The van der Waals surface area contributed by atoms with E-state index in [1.54, 1.807) is 7.11 Å². The summed E-state index contributed by atoms with van der Waals surface area (Å²) in [5.74, 6) is 0.0847. The Hall–Kier alpha value is -1.88. The van der Waals surface area contributed by atoms with Crippen molar-refractivity contribution in [2.75, 3.05) is 26.8 Å². The van der Waals surface area contributed by atoms with E-state index in [9.17, 15) is 4.79 Å². The molecule has 0 bridgehead atoms. The molecule has 1 aromatic heterocycles. The topological polar surface area (TPSA) is 47.4 Å². The predicted molar refractivity (Wildman–Crippen MR) is 76.5 cm³/mol. The van der Waals surface area contributed by atoms with Gasteiger partial charge in [-0.2, -0.15) is 0 Å². The molecule has 3 rings (SSSR count). The van der Waals surface area contributed by atoms with Gasteiger partial charge in [-0.15, -0.1) is 0 Å². The molecular weight excluding hydrogens is 254 g/mol. The van der Waals surface area contributed by atoms with Gasteiger partial charge in [-0.3, -0.25) is 4.79 Å². The molecular formula is C15H19N3O2. The van der Waals surface area contributed by atoms with Crippen LogP contribution in [-0.4, -0.2) is 47.2 Å². The van der Waals surface area contributed by atoms with E-state index in [1.807, 2.05) is 29.4 Å². The molecule has 5 heteroatoms. The monoisotopic (exact) mass is 273 g/mol. The first-order valence-corrected chi connectivity index (χ1v) is 6.98. The number of likely N-dealkylation sites (tertiary alicyclic amines) is 1. The third-order valence-electron chi connectivity index (χ3n) is 3.96. The van der Waals surface area contributed by atoms with Crippen LogP contribution in [0.25, 0.3) is 11.0 Å². The van der Waals surface area contributed by atoms with Gasteiger partial charge in [0.1, 0.15) is 6.61 Å². The summed E-state index contributed by atoms with van der Waals surface area (Å²) >= 11 is 0. The Morgan fingerprint density at radius 3 is 2.85 bits per heavy atom. The van der Waals surface area contributed by atoms with Crippen molar-refractivity contribution in [1.29, 1.82) is 0 Å². The van der Waals surface area contributed by atoms with Gasteiger partial charge in [0.25, 0.3) is 0 Å². The zero-order chi connectivity index (χ0) is 13.9. The third kappa shape index (κ3) is 2.41. The van der Waals surface area contributed by atoms with Crippen LogP contribution in [0, 0.1) is 0 Å². The zero-order valence-electron chi connectivity index (χ0n) is 11.7. The SMILES string of the molecule is COCC(=O)N1CCC(n2cnc3ccccc32)CC1. The van der Waals surface area contributed by atoms with Gasteiger partial charge < -0.3 is 14.2 Å². The summed E-state index contributed by atoms with van der Waals surface area (Å²) in [5.41, 5.74) is 2.21. The third-order valence-corrected chi connectivity index (χ3v) is 3.96. The van der Waals surface area contributed by atoms with E-state index in [0.717, 1.165) is 31.4 Å². The molecule has 2 heterocycles. The highest BCUT2D eigenvalue weighted by atomic mass is 16.5. The molecule has 0 unspecified atom stereocenters. The highest BCUT2D eigenvalue weighted by molar-refractivity contribution is 5.77. The smallest absolute Gasteiger partial charge is 0.248 e. The largest absolute Gasteiger partial charge is 0.375 e. The number of aromatic nitrogens is 2. The summed E-state index contributed by atoms with van der Waals surface area (Å²) in [6, 6.07) is 8.60. The Labute approximate surface area is 118 Å². The Kier molecular flexibility index (Phi) is 3.69. The first-order valence-electron chi connectivity index (χ1n) is 6.98. The summed E-state index contributed by atoms with van der Waals surface area (Å²) in [4.78, 5) is 18.1.